The summed E-state index contributed by atoms with van der Waals surface area (Å²) in [4.78, 5) is 25.2. The van der Waals surface area contributed by atoms with E-state index in [-0.39, 0.29) is 5.78 Å². The van der Waals surface area contributed by atoms with E-state index in [9.17, 15) is 9.59 Å². The van der Waals surface area contributed by atoms with Crippen LogP contribution >= 0.6 is 0 Å². The van der Waals surface area contributed by atoms with Gasteiger partial charge in [-0.25, -0.2) is 0 Å². The van der Waals surface area contributed by atoms with Crippen molar-refractivity contribution >= 4 is 12.1 Å². The molecule has 2 aromatic heterocycles. The number of aromatic nitrogens is 2. The summed E-state index contributed by atoms with van der Waals surface area (Å²) < 4.78 is 5.04. The van der Waals surface area contributed by atoms with Crippen LogP contribution in [0.5, 0.6) is 0 Å². The molecule has 0 unspecified atom stereocenters. The number of carbonyl (C=O) groups excluding carboxylic acids is 2. The Morgan fingerprint density at radius 1 is 1.44 bits per heavy atom. The van der Waals surface area contributed by atoms with Gasteiger partial charge in [0.2, 0.25) is 0 Å². The SMILES string of the molecule is Cc1noc(C)c1CCC(=O)c1ccc(C=O)[nH]1. The van der Waals surface area contributed by atoms with Gasteiger partial charge in [-0.3, -0.25) is 9.59 Å². The number of ketones is 1. The summed E-state index contributed by atoms with van der Waals surface area (Å²) in [5.41, 5.74) is 2.67. The van der Waals surface area contributed by atoms with Crippen molar-refractivity contribution in [3.05, 3.63) is 40.5 Å². The molecule has 5 nitrogen and oxygen atoms in total. The van der Waals surface area contributed by atoms with Crippen LogP contribution in [0.3, 0.4) is 0 Å². The Labute approximate surface area is 104 Å². The first-order valence-electron chi connectivity index (χ1n) is 5.71. The van der Waals surface area contributed by atoms with Gasteiger partial charge in [-0.2, -0.15) is 0 Å². The van der Waals surface area contributed by atoms with Gasteiger partial charge in [-0.15, -0.1) is 0 Å². The van der Waals surface area contributed by atoms with Gasteiger partial charge in [-0.05, 0) is 32.4 Å². The molecule has 18 heavy (non-hydrogen) atoms. The van der Waals surface area contributed by atoms with Gasteiger partial charge in [-0.1, -0.05) is 5.16 Å². The van der Waals surface area contributed by atoms with Crippen LogP contribution in [0, 0.1) is 13.8 Å². The van der Waals surface area contributed by atoms with E-state index >= 15 is 0 Å². The number of aromatic amines is 1. The average molecular weight is 246 g/mol. The van der Waals surface area contributed by atoms with Crippen LogP contribution in [0.15, 0.2) is 16.7 Å². The van der Waals surface area contributed by atoms with E-state index < -0.39 is 0 Å². The molecule has 2 rings (SSSR count). The Balaban J connectivity index is 2.02. The molecule has 0 bridgehead atoms. The topological polar surface area (TPSA) is 76.0 Å². The summed E-state index contributed by atoms with van der Waals surface area (Å²) in [7, 11) is 0. The second kappa shape index (κ2) is 5.00. The number of rotatable bonds is 5. The first kappa shape index (κ1) is 12.3. The highest BCUT2D eigenvalue weighted by molar-refractivity contribution is 5.95. The lowest BCUT2D eigenvalue weighted by atomic mass is 10.1. The second-order valence-electron chi connectivity index (χ2n) is 4.17. The van der Waals surface area contributed by atoms with E-state index in [1.807, 2.05) is 13.8 Å². The van der Waals surface area contributed by atoms with Crippen molar-refractivity contribution in [2.75, 3.05) is 0 Å². The van der Waals surface area contributed by atoms with Crippen LogP contribution in [0.25, 0.3) is 0 Å². The van der Waals surface area contributed by atoms with E-state index in [1.165, 1.54) is 0 Å². The van der Waals surface area contributed by atoms with E-state index in [0.717, 1.165) is 17.0 Å². The Hall–Kier alpha value is -2.17. The molecule has 1 N–H and O–H groups in total. The zero-order valence-electron chi connectivity index (χ0n) is 10.3. The fraction of sp³-hybridized carbons (Fsp3) is 0.308. The molecule has 0 spiro atoms. The number of hydrogen-bond acceptors (Lipinski definition) is 4. The van der Waals surface area contributed by atoms with Gasteiger partial charge in [0.15, 0.2) is 12.1 Å². The molecule has 0 aliphatic carbocycles. The predicted octanol–water partition coefficient (Wildman–Crippen LogP) is 2.25. The highest BCUT2D eigenvalue weighted by Gasteiger charge is 2.13. The van der Waals surface area contributed by atoms with E-state index in [0.29, 0.717) is 30.5 Å². The summed E-state index contributed by atoms with van der Waals surface area (Å²) in [6, 6.07) is 3.22. The smallest absolute Gasteiger partial charge is 0.179 e. The lowest BCUT2D eigenvalue weighted by Gasteiger charge is -1.99. The van der Waals surface area contributed by atoms with Crippen molar-refractivity contribution in [1.29, 1.82) is 0 Å². The quantitative estimate of drug-likeness (QED) is 0.648. The highest BCUT2D eigenvalue weighted by atomic mass is 16.5. The number of aldehydes is 1. The van der Waals surface area contributed by atoms with Gasteiger partial charge >= 0.3 is 0 Å². The van der Waals surface area contributed by atoms with Gasteiger partial charge in [0, 0.05) is 12.0 Å². The number of aryl methyl sites for hydroxylation is 2. The molecule has 0 aromatic carbocycles. The molecule has 0 radical (unpaired) electrons. The van der Waals surface area contributed by atoms with E-state index in [4.69, 9.17) is 4.52 Å². The largest absolute Gasteiger partial charge is 0.361 e. The van der Waals surface area contributed by atoms with Gasteiger partial charge in [0.1, 0.15) is 5.76 Å². The molecule has 0 aliphatic heterocycles. The fourth-order valence-corrected chi connectivity index (χ4v) is 1.88. The molecule has 2 heterocycles. The zero-order chi connectivity index (χ0) is 13.1. The van der Waals surface area contributed by atoms with Crippen LogP contribution in [-0.4, -0.2) is 22.2 Å². The number of carbonyl (C=O) groups is 2. The standard InChI is InChI=1S/C13H14N2O3/c1-8-11(9(2)18-15-8)4-6-13(17)12-5-3-10(7-16)14-12/h3,5,7,14H,4,6H2,1-2H3. The summed E-state index contributed by atoms with van der Waals surface area (Å²) in [6.45, 7) is 3.69. The van der Waals surface area contributed by atoms with Crippen molar-refractivity contribution in [1.82, 2.24) is 10.1 Å². The Morgan fingerprint density at radius 2 is 2.22 bits per heavy atom. The first-order chi connectivity index (χ1) is 8.61. The third-order valence-corrected chi connectivity index (χ3v) is 2.92. The third-order valence-electron chi connectivity index (χ3n) is 2.92. The lowest BCUT2D eigenvalue weighted by molar-refractivity contribution is 0.0978. The van der Waals surface area contributed by atoms with Gasteiger partial charge in [0.25, 0.3) is 0 Å². The van der Waals surface area contributed by atoms with Crippen molar-refractivity contribution in [3.63, 3.8) is 0 Å². The number of nitrogens with one attached hydrogen (secondary N) is 1. The molecular formula is C13H14N2O3. The van der Waals surface area contributed by atoms with Crippen molar-refractivity contribution < 1.29 is 14.1 Å². The molecule has 2 aromatic rings. The molecule has 0 fully saturated rings. The van der Waals surface area contributed by atoms with Crippen LogP contribution in [0.4, 0.5) is 0 Å². The second-order valence-corrected chi connectivity index (χ2v) is 4.17. The summed E-state index contributed by atoms with van der Waals surface area (Å²) in [5, 5.41) is 3.84. The fourth-order valence-electron chi connectivity index (χ4n) is 1.88. The number of hydrogen-bond donors (Lipinski definition) is 1. The van der Waals surface area contributed by atoms with Crippen molar-refractivity contribution in [2.45, 2.75) is 26.7 Å². The third kappa shape index (κ3) is 2.40. The molecular weight excluding hydrogens is 232 g/mol. The predicted molar refractivity (Wildman–Crippen MR) is 64.8 cm³/mol. The zero-order valence-corrected chi connectivity index (χ0v) is 10.3. The maximum absolute atomic E-state index is 11.9. The van der Waals surface area contributed by atoms with Crippen molar-refractivity contribution in [3.8, 4) is 0 Å². The summed E-state index contributed by atoms with van der Waals surface area (Å²) in [5.74, 6) is 0.725. The maximum atomic E-state index is 11.9. The molecule has 0 saturated heterocycles. The Bertz CT molecular complexity index is 561. The highest BCUT2D eigenvalue weighted by Crippen LogP contribution is 2.15. The monoisotopic (exact) mass is 246 g/mol. The summed E-state index contributed by atoms with van der Waals surface area (Å²) >= 11 is 0. The number of H-pyrrole nitrogens is 1. The first-order valence-corrected chi connectivity index (χ1v) is 5.71. The average Bonchev–Trinajstić information content (AvgIpc) is 2.95. The Morgan fingerprint density at radius 3 is 2.78 bits per heavy atom. The number of nitrogens with zero attached hydrogens (tertiary/aromatic N) is 1. The summed E-state index contributed by atoms with van der Waals surface area (Å²) in [6.07, 6.45) is 1.64. The molecule has 0 aliphatic rings. The molecule has 5 heteroatoms. The molecule has 0 amide bonds. The minimum absolute atomic E-state index is 0.0249. The van der Waals surface area contributed by atoms with Crippen molar-refractivity contribution in [2.24, 2.45) is 0 Å². The lowest BCUT2D eigenvalue weighted by Crippen LogP contribution is -2.03. The minimum atomic E-state index is -0.0249. The van der Waals surface area contributed by atoms with E-state index in [2.05, 4.69) is 10.1 Å². The van der Waals surface area contributed by atoms with E-state index in [1.54, 1.807) is 12.1 Å². The van der Waals surface area contributed by atoms with Crippen LogP contribution in [0.1, 0.15) is 44.4 Å². The number of Topliss-reactive ketones (excluding diaryl/α,β-unsaturated/α-hetero) is 1. The van der Waals surface area contributed by atoms with Crippen LogP contribution in [0.2, 0.25) is 0 Å². The molecule has 94 valence electrons. The maximum Gasteiger partial charge on any atom is 0.179 e. The van der Waals surface area contributed by atoms with Crippen LogP contribution in [-0.2, 0) is 6.42 Å². The Kier molecular flexibility index (Phi) is 3.41. The molecule has 0 saturated carbocycles. The minimum Gasteiger partial charge on any atom is -0.361 e. The molecule has 0 atom stereocenters. The van der Waals surface area contributed by atoms with Gasteiger partial charge < -0.3 is 9.51 Å². The van der Waals surface area contributed by atoms with Gasteiger partial charge in [0.05, 0.1) is 17.1 Å². The normalized spacial score (nSPS) is 10.6. The van der Waals surface area contributed by atoms with Crippen LogP contribution < -0.4 is 0 Å².